The van der Waals surface area contributed by atoms with Crippen LogP contribution in [0.2, 0.25) is 0 Å². The van der Waals surface area contributed by atoms with Gasteiger partial charge in [0.05, 0.1) is 17.3 Å². The summed E-state index contributed by atoms with van der Waals surface area (Å²) in [7, 11) is 0. The Balaban J connectivity index is 1.03. The van der Waals surface area contributed by atoms with E-state index in [1.807, 2.05) is 12.3 Å². The van der Waals surface area contributed by atoms with E-state index >= 15 is 0 Å². The Morgan fingerprint density at radius 2 is 1.81 bits per heavy atom. The Hall–Kier alpha value is -3.73. The van der Waals surface area contributed by atoms with Gasteiger partial charge in [-0.3, -0.25) is 9.69 Å². The molecule has 0 saturated carbocycles. The molecule has 2 saturated heterocycles. The summed E-state index contributed by atoms with van der Waals surface area (Å²) in [5, 5.41) is 0.982. The smallest absolute Gasteiger partial charge is 0.348 e. The molecular formula is C26H24F4N6O. The Bertz CT molecular complexity index is 1450. The number of nitrogens with one attached hydrogen (secondary N) is 1. The maximum Gasteiger partial charge on any atom is 0.419 e. The highest BCUT2D eigenvalue weighted by atomic mass is 19.4. The number of aromatic amines is 1. The number of carbonyl (C=O) groups is 1. The zero-order valence-corrected chi connectivity index (χ0v) is 19.7. The molecule has 6 rings (SSSR count). The lowest BCUT2D eigenvalue weighted by atomic mass is 9.96. The number of rotatable bonds is 4. The molecule has 0 aliphatic carbocycles. The van der Waals surface area contributed by atoms with Crippen molar-refractivity contribution in [2.24, 2.45) is 0 Å². The monoisotopic (exact) mass is 512 g/mol. The molecule has 37 heavy (non-hydrogen) atoms. The fourth-order valence-corrected chi connectivity index (χ4v) is 5.35. The summed E-state index contributed by atoms with van der Waals surface area (Å²) in [5.41, 5.74) is 1.32. The lowest BCUT2D eigenvalue weighted by molar-refractivity contribution is -0.140. The molecule has 0 bridgehead atoms. The van der Waals surface area contributed by atoms with E-state index in [0.717, 1.165) is 54.3 Å². The zero-order chi connectivity index (χ0) is 25.7. The number of hydrogen-bond acceptors (Lipinski definition) is 4. The van der Waals surface area contributed by atoms with Gasteiger partial charge in [0.25, 0.3) is 5.91 Å². The second-order valence-electron chi connectivity index (χ2n) is 9.63. The zero-order valence-electron chi connectivity index (χ0n) is 19.7. The standard InChI is InChI=1S/C26H24F4N6O/c27-22-11-16(1-2-21(22)26(28,29)30)25(37)34-9-5-18(6-10-34)36-13-19(14-36)35-8-4-17(12-35)23-20-3-7-31-24(20)33-15-32-23/h1-4,7-8,11-12,15,18-19H,5-6,9-10,13-14H2,(H,31,32,33). The highest BCUT2D eigenvalue weighted by Crippen LogP contribution is 2.33. The lowest BCUT2D eigenvalue weighted by Gasteiger charge is -2.47. The molecule has 0 radical (unpaired) electrons. The SMILES string of the molecule is O=C(c1ccc(C(F)(F)F)c(F)c1)N1CCC(N2CC(n3ccc(-c4ncnc5[nH]ccc45)c3)C2)CC1. The summed E-state index contributed by atoms with van der Waals surface area (Å²) in [5.74, 6) is -1.86. The summed E-state index contributed by atoms with van der Waals surface area (Å²) in [4.78, 5) is 28.6. The van der Waals surface area contributed by atoms with E-state index in [2.05, 4.69) is 42.9 Å². The average Bonchev–Trinajstić information content (AvgIpc) is 3.52. The van der Waals surface area contributed by atoms with Crippen LogP contribution in [-0.2, 0) is 6.18 Å². The summed E-state index contributed by atoms with van der Waals surface area (Å²) in [6.45, 7) is 2.78. The van der Waals surface area contributed by atoms with Gasteiger partial charge in [-0.25, -0.2) is 14.4 Å². The van der Waals surface area contributed by atoms with E-state index in [9.17, 15) is 22.4 Å². The molecule has 192 valence electrons. The van der Waals surface area contributed by atoms with Crippen LogP contribution in [0.4, 0.5) is 17.6 Å². The summed E-state index contributed by atoms with van der Waals surface area (Å²) in [6.07, 6.45) is 4.34. The first-order valence-electron chi connectivity index (χ1n) is 12.1. The summed E-state index contributed by atoms with van der Waals surface area (Å²) < 4.78 is 54.5. The Kier molecular flexibility index (Phi) is 5.74. The Labute approximate surface area is 209 Å². The molecule has 1 N–H and O–H groups in total. The molecule has 1 amide bonds. The fraction of sp³-hybridized carbons (Fsp3) is 0.346. The minimum atomic E-state index is -4.79. The minimum absolute atomic E-state index is 0.0584. The normalized spacial score (nSPS) is 17.9. The van der Waals surface area contributed by atoms with Gasteiger partial charge >= 0.3 is 6.18 Å². The molecule has 5 heterocycles. The highest BCUT2D eigenvalue weighted by Gasteiger charge is 2.37. The number of carbonyl (C=O) groups excluding carboxylic acids is 1. The number of amides is 1. The Morgan fingerprint density at radius 1 is 1.03 bits per heavy atom. The van der Waals surface area contributed by atoms with Crippen LogP contribution in [0.3, 0.4) is 0 Å². The largest absolute Gasteiger partial charge is 0.419 e. The molecule has 2 aliphatic rings. The maximum atomic E-state index is 13.9. The quantitative estimate of drug-likeness (QED) is 0.401. The van der Waals surface area contributed by atoms with Gasteiger partial charge < -0.3 is 14.5 Å². The van der Waals surface area contributed by atoms with Crippen LogP contribution in [0.25, 0.3) is 22.3 Å². The summed E-state index contributed by atoms with van der Waals surface area (Å²) in [6, 6.07) is 7.09. The first-order chi connectivity index (χ1) is 17.8. The van der Waals surface area contributed by atoms with Crippen molar-refractivity contribution in [3.8, 4) is 11.3 Å². The third kappa shape index (κ3) is 4.37. The van der Waals surface area contributed by atoms with Crippen molar-refractivity contribution in [2.75, 3.05) is 26.2 Å². The topological polar surface area (TPSA) is 70.1 Å². The predicted octanol–water partition coefficient (Wildman–Crippen LogP) is 4.75. The molecule has 0 spiro atoms. The second kappa shape index (κ2) is 8.98. The number of likely N-dealkylation sites (tertiary alicyclic amines) is 2. The molecule has 2 aliphatic heterocycles. The van der Waals surface area contributed by atoms with Crippen LogP contribution < -0.4 is 0 Å². The molecule has 0 atom stereocenters. The number of halogens is 4. The number of alkyl halides is 3. The van der Waals surface area contributed by atoms with Crippen molar-refractivity contribution in [3.05, 3.63) is 72.2 Å². The number of piperidine rings is 1. The molecule has 3 aromatic heterocycles. The molecule has 7 nitrogen and oxygen atoms in total. The number of benzene rings is 1. The second-order valence-corrected chi connectivity index (χ2v) is 9.63. The van der Waals surface area contributed by atoms with Crippen LogP contribution in [0.15, 0.2) is 55.2 Å². The fourth-order valence-electron chi connectivity index (χ4n) is 5.35. The van der Waals surface area contributed by atoms with Crippen LogP contribution >= 0.6 is 0 Å². The lowest BCUT2D eigenvalue weighted by Crippen LogP contribution is -2.55. The van der Waals surface area contributed by atoms with E-state index in [1.165, 1.54) is 0 Å². The minimum Gasteiger partial charge on any atom is -0.348 e. The van der Waals surface area contributed by atoms with Crippen molar-refractivity contribution in [2.45, 2.75) is 31.1 Å². The van der Waals surface area contributed by atoms with Gasteiger partial charge in [-0.1, -0.05) is 0 Å². The number of fused-ring (bicyclic) bond motifs is 1. The highest BCUT2D eigenvalue weighted by molar-refractivity contribution is 5.94. The van der Waals surface area contributed by atoms with Gasteiger partial charge in [-0.15, -0.1) is 0 Å². The van der Waals surface area contributed by atoms with Crippen LogP contribution in [0.5, 0.6) is 0 Å². The van der Waals surface area contributed by atoms with E-state index in [4.69, 9.17) is 0 Å². The van der Waals surface area contributed by atoms with Crippen molar-refractivity contribution < 1.29 is 22.4 Å². The first kappa shape index (κ1) is 23.7. The Morgan fingerprint density at radius 3 is 2.54 bits per heavy atom. The van der Waals surface area contributed by atoms with Crippen LogP contribution in [0.1, 0.15) is 34.8 Å². The van der Waals surface area contributed by atoms with Crippen LogP contribution in [-0.4, -0.2) is 67.4 Å². The van der Waals surface area contributed by atoms with Gasteiger partial charge in [-0.05, 0) is 43.2 Å². The summed E-state index contributed by atoms with van der Waals surface area (Å²) >= 11 is 0. The van der Waals surface area contributed by atoms with Gasteiger partial charge in [0.2, 0.25) is 0 Å². The van der Waals surface area contributed by atoms with E-state index in [1.54, 1.807) is 11.2 Å². The third-order valence-electron chi connectivity index (χ3n) is 7.44. The van der Waals surface area contributed by atoms with E-state index in [0.29, 0.717) is 37.3 Å². The van der Waals surface area contributed by atoms with Gasteiger partial charge in [-0.2, -0.15) is 13.2 Å². The molecule has 11 heteroatoms. The number of nitrogens with zero attached hydrogens (tertiary/aromatic N) is 5. The van der Waals surface area contributed by atoms with Crippen molar-refractivity contribution in [1.82, 2.24) is 29.3 Å². The molecular weight excluding hydrogens is 488 g/mol. The van der Waals surface area contributed by atoms with E-state index in [-0.39, 0.29) is 5.56 Å². The third-order valence-corrected chi connectivity index (χ3v) is 7.44. The van der Waals surface area contributed by atoms with E-state index < -0.39 is 23.5 Å². The molecule has 1 aromatic carbocycles. The van der Waals surface area contributed by atoms with Crippen molar-refractivity contribution in [3.63, 3.8) is 0 Å². The van der Waals surface area contributed by atoms with Gasteiger partial charge in [0.15, 0.2) is 0 Å². The number of aromatic nitrogens is 4. The van der Waals surface area contributed by atoms with Crippen molar-refractivity contribution >= 4 is 16.9 Å². The molecule has 0 unspecified atom stereocenters. The first-order valence-corrected chi connectivity index (χ1v) is 12.1. The van der Waals surface area contributed by atoms with Gasteiger partial charge in [0, 0.05) is 67.3 Å². The van der Waals surface area contributed by atoms with Crippen molar-refractivity contribution in [1.29, 1.82) is 0 Å². The number of H-pyrrole nitrogens is 1. The maximum absolute atomic E-state index is 13.9. The molecule has 2 fully saturated rings. The molecule has 4 aromatic rings. The number of hydrogen-bond donors (Lipinski definition) is 1. The van der Waals surface area contributed by atoms with Gasteiger partial charge in [0.1, 0.15) is 17.8 Å². The average molecular weight is 513 g/mol. The van der Waals surface area contributed by atoms with Crippen LogP contribution in [0, 0.1) is 5.82 Å². The predicted molar refractivity (Wildman–Crippen MR) is 128 cm³/mol.